The summed E-state index contributed by atoms with van der Waals surface area (Å²) < 4.78 is 20.8. The highest BCUT2D eigenvalue weighted by atomic mass is 35.5. The van der Waals surface area contributed by atoms with Crippen molar-refractivity contribution in [3.05, 3.63) is 81.9 Å². The summed E-state index contributed by atoms with van der Waals surface area (Å²) in [5.41, 5.74) is 2.53. The van der Waals surface area contributed by atoms with Gasteiger partial charge in [0, 0.05) is 31.2 Å². The average Bonchev–Trinajstić information content (AvgIpc) is 3.29. The van der Waals surface area contributed by atoms with Crippen molar-refractivity contribution < 1.29 is 18.7 Å². The maximum Gasteiger partial charge on any atom is 0.276 e. The zero-order valence-corrected chi connectivity index (χ0v) is 19.1. The second-order valence-corrected chi connectivity index (χ2v) is 8.77. The predicted molar refractivity (Wildman–Crippen MR) is 122 cm³/mol. The molecule has 2 amide bonds. The molecule has 34 heavy (non-hydrogen) atoms. The van der Waals surface area contributed by atoms with Gasteiger partial charge in [-0.1, -0.05) is 47.1 Å². The van der Waals surface area contributed by atoms with Crippen LogP contribution in [0.1, 0.15) is 33.4 Å². The summed E-state index contributed by atoms with van der Waals surface area (Å²) in [6.07, 6.45) is -0.0519. The van der Waals surface area contributed by atoms with Crippen LogP contribution in [0.3, 0.4) is 0 Å². The Morgan fingerprint density at radius 1 is 1.03 bits per heavy atom. The molecule has 1 saturated heterocycles. The van der Waals surface area contributed by atoms with Gasteiger partial charge in [0.25, 0.3) is 5.91 Å². The quantitative estimate of drug-likeness (QED) is 0.570. The van der Waals surface area contributed by atoms with E-state index in [2.05, 4.69) is 10.3 Å². The minimum Gasteiger partial charge on any atom is -0.365 e. The Hall–Kier alpha value is -3.30. The lowest BCUT2D eigenvalue weighted by Crippen LogP contribution is -2.51. The Morgan fingerprint density at radius 2 is 1.74 bits per heavy atom. The van der Waals surface area contributed by atoms with E-state index < -0.39 is 0 Å². The second-order valence-electron chi connectivity index (χ2n) is 8.36. The Balaban J connectivity index is 1.19. The van der Waals surface area contributed by atoms with Gasteiger partial charge in [0.05, 0.1) is 25.3 Å². The van der Waals surface area contributed by atoms with E-state index in [1.807, 2.05) is 18.2 Å². The van der Waals surface area contributed by atoms with Crippen LogP contribution < -0.4 is 0 Å². The van der Waals surface area contributed by atoms with Crippen LogP contribution in [0.25, 0.3) is 0 Å². The van der Waals surface area contributed by atoms with E-state index in [-0.39, 0.29) is 42.5 Å². The van der Waals surface area contributed by atoms with Crippen LogP contribution in [0.2, 0.25) is 5.02 Å². The molecule has 3 aromatic rings. The molecule has 0 spiro atoms. The number of rotatable bonds is 4. The topological polar surface area (TPSA) is 80.6 Å². The molecule has 5 rings (SSSR count). The molecule has 2 aromatic carbocycles. The van der Waals surface area contributed by atoms with Crippen molar-refractivity contribution in [2.45, 2.75) is 25.7 Å². The molecule has 8 nitrogen and oxygen atoms in total. The third-order valence-electron chi connectivity index (χ3n) is 6.26. The van der Waals surface area contributed by atoms with E-state index in [1.165, 1.54) is 12.1 Å². The SMILES string of the molecule is O=C(Cc1ccccc1Cl)N1CCN(C(=O)c2nnn3c2CO[C@@H](c2ccc(F)cc2)C3)CC1. The van der Waals surface area contributed by atoms with Gasteiger partial charge < -0.3 is 14.5 Å². The zero-order chi connectivity index (χ0) is 23.7. The fourth-order valence-corrected chi connectivity index (χ4v) is 4.48. The first-order valence-electron chi connectivity index (χ1n) is 11.1. The third kappa shape index (κ3) is 4.53. The molecule has 0 saturated carbocycles. The van der Waals surface area contributed by atoms with E-state index in [0.29, 0.717) is 43.4 Å². The van der Waals surface area contributed by atoms with Crippen molar-refractivity contribution in [2.75, 3.05) is 26.2 Å². The van der Waals surface area contributed by atoms with Crippen LogP contribution in [-0.2, 0) is 29.1 Å². The number of nitrogens with zero attached hydrogens (tertiary/aromatic N) is 5. The normalized spacial score (nSPS) is 18.0. The number of aromatic nitrogens is 3. The fourth-order valence-electron chi connectivity index (χ4n) is 4.28. The van der Waals surface area contributed by atoms with Crippen LogP contribution in [0.15, 0.2) is 48.5 Å². The van der Waals surface area contributed by atoms with Crippen molar-refractivity contribution in [1.29, 1.82) is 0 Å². The maximum absolute atomic E-state index is 13.2. The number of benzene rings is 2. The minimum atomic E-state index is -0.306. The van der Waals surface area contributed by atoms with E-state index in [1.54, 1.807) is 32.7 Å². The van der Waals surface area contributed by atoms with Crippen LogP contribution >= 0.6 is 11.6 Å². The molecule has 1 atom stereocenters. The van der Waals surface area contributed by atoms with Crippen LogP contribution in [-0.4, -0.2) is 62.8 Å². The first kappa shape index (κ1) is 22.5. The van der Waals surface area contributed by atoms with Crippen LogP contribution in [0.5, 0.6) is 0 Å². The number of fused-ring (bicyclic) bond motifs is 1. The van der Waals surface area contributed by atoms with Gasteiger partial charge in [-0.15, -0.1) is 5.10 Å². The number of hydrogen-bond donors (Lipinski definition) is 0. The van der Waals surface area contributed by atoms with Gasteiger partial charge in [0.2, 0.25) is 5.91 Å². The predicted octanol–water partition coefficient (Wildman–Crippen LogP) is 2.87. The zero-order valence-electron chi connectivity index (χ0n) is 18.4. The molecule has 0 unspecified atom stereocenters. The van der Waals surface area contributed by atoms with Crippen molar-refractivity contribution >= 4 is 23.4 Å². The monoisotopic (exact) mass is 483 g/mol. The van der Waals surface area contributed by atoms with Gasteiger partial charge >= 0.3 is 0 Å². The van der Waals surface area contributed by atoms with E-state index in [4.69, 9.17) is 16.3 Å². The molecule has 0 radical (unpaired) electrons. The third-order valence-corrected chi connectivity index (χ3v) is 6.63. The molecular formula is C24H23ClFN5O3. The number of ether oxygens (including phenoxy) is 1. The van der Waals surface area contributed by atoms with Crippen LogP contribution in [0.4, 0.5) is 4.39 Å². The first-order valence-corrected chi connectivity index (χ1v) is 11.5. The summed E-state index contributed by atoms with van der Waals surface area (Å²) in [5.74, 6) is -0.538. The Bertz CT molecular complexity index is 1210. The number of halogens is 2. The fraction of sp³-hybridized carbons (Fsp3) is 0.333. The standard InChI is InChI=1S/C24H23ClFN5O3/c25-19-4-2-1-3-17(19)13-22(32)29-9-11-30(12-10-29)24(33)23-20-15-34-21(14-31(20)28-27-23)16-5-7-18(26)8-6-16/h1-8,21H,9-15H2/t21-/m1/s1. The molecule has 10 heteroatoms. The Kier molecular flexibility index (Phi) is 6.30. The molecule has 2 aliphatic heterocycles. The van der Waals surface area contributed by atoms with Gasteiger partial charge in [0.1, 0.15) is 11.9 Å². The molecule has 2 aliphatic rings. The summed E-state index contributed by atoms with van der Waals surface area (Å²) in [7, 11) is 0. The number of piperazine rings is 1. The molecular weight excluding hydrogens is 461 g/mol. The van der Waals surface area contributed by atoms with Crippen LogP contribution in [0, 0.1) is 5.82 Å². The Labute approximate surface area is 200 Å². The summed E-state index contributed by atoms with van der Waals surface area (Å²) in [6.45, 7) is 2.30. The number of carbonyl (C=O) groups excluding carboxylic acids is 2. The summed E-state index contributed by atoms with van der Waals surface area (Å²) >= 11 is 6.17. The molecule has 1 fully saturated rings. The summed E-state index contributed by atoms with van der Waals surface area (Å²) in [5, 5.41) is 8.85. The molecule has 0 aliphatic carbocycles. The van der Waals surface area contributed by atoms with Gasteiger partial charge in [-0.05, 0) is 29.3 Å². The Morgan fingerprint density at radius 3 is 2.47 bits per heavy atom. The number of carbonyl (C=O) groups is 2. The largest absolute Gasteiger partial charge is 0.365 e. The second kappa shape index (κ2) is 9.52. The lowest BCUT2D eigenvalue weighted by Gasteiger charge is -2.34. The number of amides is 2. The van der Waals surface area contributed by atoms with Crippen molar-refractivity contribution in [2.24, 2.45) is 0 Å². The van der Waals surface area contributed by atoms with Gasteiger partial charge in [-0.2, -0.15) is 0 Å². The van der Waals surface area contributed by atoms with Crippen molar-refractivity contribution in [1.82, 2.24) is 24.8 Å². The van der Waals surface area contributed by atoms with Gasteiger partial charge in [-0.3, -0.25) is 9.59 Å². The van der Waals surface area contributed by atoms with Crippen molar-refractivity contribution in [3.63, 3.8) is 0 Å². The molecule has 1 aromatic heterocycles. The summed E-state index contributed by atoms with van der Waals surface area (Å²) in [4.78, 5) is 29.3. The molecule has 0 N–H and O–H groups in total. The van der Waals surface area contributed by atoms with E-state index in [9.17, 15) is 14.0 Å². The lowest BCUT2D eigenvalue weighted by molar-refractivity contribution is -0.131. The summed E-state index contributed by atoms with van der Waals surface area (Å²) in [6, 6.07) is 13.5. The highest BCUT2D eigenvalue weighted by molar-refractivity contribution is 6.31. The molecule has 0 bridgehead atoms. The van der Waals surface area contributed by atoms with E-state index >= 15 is 0 Å². The van der Waals surface area contributed by atoms with E-state index in [0.717, 1.165) is 11.1 Å². The minimum absolute atomic E-state index is 0.0125. The van der Waals surface area contributed by atoms with Gasteiger partial charge in [0.15, 0.2) is 5.69 Å². The smallest absolute Gasteiger partial charge is 0.276 e. The highest BCUT2D eigenvalue weighted by Crippen LogP contribution is 2.27. The van der Waals surface area contributed by atoms with Crippen molar-refractivity contribution in [3.8, 4) is 0 Å². The molecule has 176 valence electrons. The highest BCUT2D eigenvalue weighted by Gasteiger charge is 2.32. The average molecular weight is 484 g/mol. The first-order chi connectivity index (χ1) is 16.5. The van der Waals surface area contributed by atoms with Gasteiger partial charge in [-0.25, -0.2) is 9.07 Å². The lowest BCUT2D eigenvalue weighted by atomic mass is 10.1. The maximum atomic E-state index is 13.2. The molecule has 3 heterocycles. The number of hydrogen-bond acceptors (Lipinski definition) is 5.